The predicted molar refractivity (Wildman–Crippen MR) is 89.7 cm³/mol. The summed E-state index contributed by atoms with van der Waals surface area (Å²) in [5, 5.41) is 1.22. The van der Waals surface area contributed by atoms with Gasteiger partial charge in [-0.2, -0.15) is 0 Å². The van der Waals surface area contributed by atoms with Crippen molar-refractivity contribution < 1.29 is 9.53 Å². The molecule has 0 spiro atoms. The van der Waals surface area contributed by atoms with Gasteiger partial charge in [0.2, 0.25) is 0 Å². The molecule has 0 fully saturated rings. The maximum Gasteiger partial charge on any atom is 0.306 e. The van der Waals surface area contributed by atoms with Crippen LogP contribution in [-0.2, 0) is 23.0 Å². The first kappa shape index (κ1) is 16.6. The van der Waals surface area contributed by atoms with Crippen LogP contribution in [0.15, 0.2) is 30.5 Å². The van der Waals surface area contributed by atoms with Crippen LogP contribution in [0.1, 0.15) is 31.7 Å². The number of nitrogens with zero attached hydrogens (tertiary/aromatic N) is 1. The molecule has 1 heterocycles. The van der Waals surface area contributed by atoms with E-state index in [1.165, 1.54) is 16.5 Å². The third-order valence-electron chi connectivity index (χ3n) is 4.21. The van der Waals surface area contributed by atoms with Crippen LogP contribution in [0, 0.1) is 5.92 Å². The summed E-state index contributed by atoms with van der Waals surface area (Å²) in [4.78, 5) is 11.9. The fraction of sp³-hybridized carbons (Fsp3) is 0.500. The molecule has 0 saturated heterocycles. The van der Waals surface area contributed by atoms with Crippen LogP contribution in [0.3, 0.4) is 0 Å². The molecule has 1 unspecified atom stereocenters. The van der Waals surface area contributed by atoms with Crippen LogP contribution in [0.2, 0.25) is 0 Å². The van der Waals surface area contributed by atoms with Gasteiger partial charge in [-0.25, -0.2) is 0 Å². The molecule has 1 aromatic carbocycles. The van der Waals surface area contributed by atoms with Gasteiger partial charge in [0.05, 0.1) is 6.61 Å². The van der Waals surface area contributed by atoms with Crippen LogP contribution in [0.5, 0.6) is 0 Å². The van der Waals surface area contributed by atoms with Gasteiger partial charge in [0, 0.05) is 30.6 Å². The SMILES string of the molecule is CCC(CCN)COC(=O)CCc1cn(C)c2ccccc12. The molecule has 4 nitrogen and oxygen atoms in total. The molecule has 2 aromatic rings. The van der Waals surface area contributed by atoms with Gasteiger partial charge >= 0.3 is 5.97 Å². The lowest BCUT2D eigenvalue weighted by Crippen LogP contribution is -2.17. The van der Waals surface area contributed by atoms with Gasteiger partial charge in [0.25, 0.3) is 0 Å². The average Bonchev–Trinajstić information content (AvgIpc) is 2.86. The number of hydrogen-bond acceptors (Lipinski definition) is 3. The molecule has 1 atom stereocenters. The number of benzene rings is 1. The third-order valence-corrected chi connectivity index (χ3v) is 4.21. The lowest BCUT2D eigenvalue weighted by atomic mass is 10.0. The number of carbonyl (C=O) groups excluding carboxylic acids is 1. The zero-order valence-corrected chi connectivity index (χ0v) is 13.5. The Morgan fingerprint density at radius 3 is 2.86 bits per heavy atom. The molecule has 2 N–H and O–H groups in total. The Hall–Kier alpha value is -1.81. The number of aryl methyl sites for hydroxylation is 2. The van der Waals surface area contributed by atoms with E-state index in [1.807, 2.05) is 19.2 Å². The Bertz CT molecular complexity index is 619. The van der Waals surface area contributed by atoms with Crippen molar-refractivity contribution in [2.45, 2.75) is 32.6 Å². The standard InChI is InChI=1S/C18H26N2O2/c1-3-14(10-11-19)13-22-18(21)9-8-15-12-20(2)17-7-5-4-6-16(15)17/h4-7,12,14H,3,8-11,13,19H2,1-2H3. The highest BCUT2D eigenvalue weighted by Crippen LogP contribution is 2.21. The van der Waals surface area contributed by atoms with Crippen LogP contribution in [-0.4, -0.2) is 23.7 Å². The van der Waals surface area contributed by atoms with E-state index < -0.39 is 0 Å². The topological polar surface area (TPSA) is 57.2 Å². The molecule has 0 amide bonds. The number of nitrogens with two attached hydrogens (primary N) is 1. The average molecular weight is 302 g/mol. The van der Waals surface area contributed by atoms with Crippen molar-refractivity contribution in [2.75, 3.05) is 13.2 Å². The van der Waals surface area contributed by atoms with Gasteiger partial charge in [-0.15, -0.1) is 0 Å². The lowest BCUT2D eigenvalue weighted by molar-refractivity contribution is -0.145. The van der Waals surface area contributed by atoms with E-state index in [0.29, 0.717) is 31.9 Å². The number of hydrogen-bond donors (Lipinski definition) is 1. The highest BCUT2D eigenvalue weighted by molar-refractivity contribution is 5.84. The van der Waals surface area contributed by atoms with Crippen molar-refractivity contribution in [2.24, 2.45) is 18.7 Å². The number of ether oxygens (including phenoxy) is 1. The van der Waals surface area contributed by atoms with E-state index in [-0.39, 0.29) is 5.97 Å². The van der Waals surface area contributed by atoms with Crippen LogP contribution < -0.4 is 5.73 Å². The third kappa shape index (κ3) is 4.10. The molecule has 0 aliphatic carbocycles. The summed E-state index contributed by atoms with van der Waals surface area (Å²) >= 11 is 0. The Morgan fingerprint density at radius 2 is 2.14 bits per heavy atom. The number of para-hydroxylation sites is 1. The Balaban J connectivity index is 1.88. The lowest BCUT2D eigenvalue weighted by Gasteiger charge is -2.13. The molecule has 0 aliphatic rings. The molecule has 120 valence electrons. The summed E-state index contributed by atoms with van der Waals surface area (Å²) in [7, 11) is 2.03. The first-order valence-corrected chi connectivity index (χ1v) is 8.04. The van der Waals surface area contributed by atoms with Crippen LogP contribution in [0.25, 0.3) is 10.9 Å². The van der Waals surface area contributed by atoms with Gasteiger partial charge in [0.15, 0.2) is 0 Å². The maximum absolute atomic E-state index is 11.9. The number of fused-ring (bicyclic) bond motifs is 1. The minimum atomic E-state index is -0.122. The Kier molecular flexibility index (Phi) is 6.01. The quantitative estimate of drug-likeness (QED) is 0.763. The van der Waals surface area contributed by atoms with Crippen molar-refractivity contribution in [1.82, 2.24) is 4.57 Å². The zero-order chi connectivity index (χ0) is 15.9. The molecular formula is C18H26N2O2. The Morgan fingerprint density at radius 1 is 1.36 bits per heavy atom. The second-order valence-electron chi connectivity index (χ2n) is 5.82. The Labute approximate surface area is 132 Å². The molecule has 0 aliphatic heterocycles. The van der Waals surface area contributed by atoms with Crippen molar-refractivity contribution in [3.05, 3.63) is 36.0 Å². The fourth-order valence-electron chi connectivity index (χ4n) is 2.79. The second kappa shape index (κ2) is 7.99. The van der Waals surface area contributed by atoms with Gasteiger partial charge in [-0.1, -0.05) is 31.5 Å². The summed E-state index contributed by atoms with van der Waals surface area (Å²) in [5.41, 5.74) is 7.95. The van der Waals surface area contributed by atoms with Crippen molar-refractivity contribution in [3.8, 4) is 0 Å². The van der Waals surface area contributed by atoms with Crippen LogP contribution >= 0.6 is 0 Å². The molecule has 2 rings (SSSR count). The highest BCUT2D eigenvalue weighted by Gasteiger charge is 2.12. The second-order valence-corrected chi connectivity index (χ2v) is 5.82. The van der Waals surface area contributed by atoms with Crippen molar-refractivity contribution >= 4 is 16.9 Å². The van der Waals surface area contributed by atoms with E-state index in [4.69, 9.17) is 10.5 Å². The van der Waals surface area contributed by atoms with Crippen molar-refractivity contribution in [1.29, 1.82) is 0 Å². The van der Waals surface area contributed by atoms with E-state index in [0.717, 1.165) is 12.8 Å². The zero-order valence-electron chi connectivity index (χ0n) is 13.5. The largest absolute Gasteiger partial charge is 0.465 e. The number of aromatic nitrogens is 1. The maximum atomic E-state index is 11.9. The van der Waals surface area contributed by atoms with Gasteiger partial charge in [0.1, 0.15) is 0 Å². The summed E-state index contributed by atoms with van der Waals surface area (Å²) in [6.07, 6.45) is 5.14. The minimum Gasteiger partial charge on any atom is -0.465 e. The van der Waals surface area contributed by atoms with Crippen LogP contribution in [0.4, 0.5) is 0 Å². The highest BCUT2D eigenvalue weighted by atomic mass is 16.5. The normalized spacial score (nSPS) is 12.5. The molecule has 0 radical (unpaired) electrons. The summed E-state index contributed by atoms with van der Waals surface area (Å²) in [6.45, 7) is 3.23. The van der Waals surface area contributed by atoms with E-state index in [2.05, 4.69) is 29.8 Å². The minimum absolute atomic E-state index is 0.122. The molecular weight excluding hydrogens is 276 g/mol. The van der Waals surface area contributed by atoms with E-state index in [9.17, 15) is 4.79 Å². The molecule has 1 aromatic heterocycles. The number of esters is 1. The first-order valence-electron chi connectivity index (χ1n) is 8.04. The molecule has 0 saturated carbocycles. The number of rotatable bonds is 8. The smallest absolute Gasteiger partial charge is 0.306 e. The molecule has 0 bridgehead atoms. The summed E-state index contributed by atoms with van der Waals surface area (Å²) in [6, 6.07) is 8.26. The summed E-state index contributed by atoms with van der Waals surface area (Å²) < 4.78 is 7.49. The van der Waals surface area contributed by atoms with Gasteiger partial charge in [-0.05, 0) is 36.9 Å². The molecule has 22 heavy (non-hydrogen) atoms. The fourth-order valence-corrected chi connectivity index (χ4v) is 2.79. The number of carbonyl (C=O) groups is 1. The first-order chi connectivity index (χ1) is 10.7. The monoisotopic (exact) mass is 302 g/mol. The summed E-state index contributed by atoms with van der Waals surface area (Å²) in [5.74, 6) is 0.259. The predicted octanol–water partition coefficient (Wildman–Crippen LogP) is 3.03. The molecule has 4 heteroatoms. The van der Waals surface area contributed by atoms with Gasteiger partial charge < -0.3 is 15.0 Å². The van der Waals surface area contributed by atoms with Crippen molar-refractivity contribution in [3.63, 3.8) is 0 Å². The van der Waals surface area contributed by atoms with Gasteiger partial charge in [-0.3, -0.25) is 4.79 Å². The van der Waals surface area contributed by atoms with E-state index >= 15 is 0 Å². The van der Waals surface area contributed by atoms with E-state index in [1.54, 1.807) is 0 Å².